The molecule has 1 N–H and O–H groups in total. The molecular formula is C19H28F3N3O. The number of halogens is 3. The Balaban J connectivity index is 1.43. The molecule has 1 unspecified atom stereocenters. The molecule has 1 atom stereocenters. The molecule has 0 aromatic heterocycles. The van der Waals surface area contributed by atoms with Gasteiger partial charge in [0.15, 0.2) is 0 Å². The third-order valence-corrected chi connectivity index (χ3v) is 5.41. The van der Waals surface area contributed by atoms with Crippen molar-refractivity contribution < 1.29 is 18.3 Å². The van der Waals surface area contributed by atoms with Gasteiger partial charge in [0, 0.05) is 45.0 Å². The number of likely N-dealkylation sites (tertiary alicyclic amines) is 1. The van der Waals surface area contributed by atoms with Crippen LogP contribution in [0, 0.1) is 0 Å². The average molecular weight is 371 g/mol. The normalized spacial score (nSPS) is 23.4. The zero-order valence-corrected chi connectivity index (χ0v) is 15.1. The highest BCUT2D eigenvalue weighted by Crippen LogP contribution is 2.31. The van der Waals surface area contributed by atoms with Crippen molar-refractivity contribution in [3.8, 4) is 0 Å². The second kappa shape index (κ2) is 8.59. The van der Waals surface area contributed by atoms with Crippen LogP contribution in [0.1, 0.15) is 31.2 Å². The predicted molar refractivity (Wildman–Crippen MR) is 96.1 cm³/mol. The molecule has 2 aliphatic rings. The zero-order chi connectivity index (χ0) is 18.6. The molecule has 3 rings (SSSR count). The van der Waals surface area contributed by atoms with Crippen molar-refractivity contribution in [1.82, 2.24) is 9.80 Å². The molecule has 4 nitrogen and oxygen atoms in total. The molecule has 0 saturated carbocycles. The van der Waals surface area contributed by atoms with Crippen LogP contribution in [-0.4, -0.2) is 66.9 Å². The lowest BCUT2D eigenvalue weighted by atomic mass is 10.1. The molecule has 1 aromatic rings. The molecule has 146 valence electrons. The summed E-state index contributed by atoms with van der Waals surface area (Å²) in [4.78, 5) is 6.54. The molecule has 0 amide bonds. The van der Waals surface area contributed by atoms with E-state index >= 15 is 0 Å². The van der Waals surface area contributed by atoms with E-state index in [0.29, 0.717) is 5.69 Å². The van der Waals surface area contributed by atoms with Crippen LogP contribution in [0.15, 0.2) is 24.3 Å². The molecule has 2 fully saturated rings. The van der Waals surface area contributed by atoms with Gasteiger partial charge in [-0.15, -0.1) is 0 Å². The minimum atomic E-state index is -4.29. The van der Waals surface area contributed by atoms with Crippen molar-refractivity contribution >= 4 is 5.69 Å². The Hall–Kier alpha value is -1.31. The number of piperidine rings is 1. The lowest BCUT2D eigenvalue weighted by Crippen LogP contribution is -2.47. The van der Waals surface area contributed by atoms with Crippen molar-refractivity contribution in [1.29, 1.82) is 0 Å². The van der Waals surface area contributed by atoms with Crippen molar-refractivity contribution in [3.05, 3.63) is 29.8 Å². The van der Waals surface area contributed by atoms with E-state index in [2.05, 4.69) is 9.80 Å². The van der Waals surface area contributed by atoms with Crippen LogP contribution >= 0.6 is 0 Å². The van der Waals surface area contributed by atoms with Crippen molar-refractivity contribution in [2.24, 2.45) is 0 Å². The standard InChI is InChI=1S/C19H28F3N3O/c20-19(21,22)16-5-3-6-17(15-16)24-13-11-23(12-14-24)8-4-10-25-9-2-1-7-18(25)26/h3,5-6,15,18,26H,1-2,4,7-14H2. The van der Waals surface area contributed by atoms with E-state index in [1.54, 1.807) is 6.07 Å². The maximum atomic E-state index is 12.9. The molecule has 1 aromatic carbocycles. The monoisotopic (exact) mass is 371 g/mol. The maximum absolute atomic E-state index is 12.9. The Morgan fingerprint density at radius 1 is 1.00 bits per heavy atom. The molecule has 2 heterocycles. The Bertz CT molecular complexity index is 573. The number of hydrogen-bond donors (Lipinski definition) is 1. The largest absolute Gasteiger partial charge is 0.416 e. The Morgan fingerprint density at radius 2 is 1.77 bits per heavy atom. The summed E-state index contributed by atoms with van der Waals surface area (Å²) in [5.74, 6) is 0. The molecule has 0 spiro atoms. The van der Waals surface area contributed by atoms with Crippen LogP contribution in [-0.2, 0) is 6.18 Å². The van der Waals surface area contributed by atoms with Crippen LogP contribution in [0.4, 0.5) is 18.9 Å². The summed E-state index contributed by atoms with van der Waals surface area (Å²) in [6, 6.07) is 5.60. The van der Waals surface area contributed by atoms with Gasteiger partial charge in [-0.3, -0.25) is 9.80 Å². The van der Waals surface area contributed by atoms with Gasteiger partial charge in [-0.2, -0.15) is 13.2 Å². The third-order valence-electron chi connectivity index (χ3n) is 5.41. The quantitative estimate of drug-likeness (QED) is 0.862. The van der Waals surface area contributed by atoms with E-state index in [1.165, 1.54) is 12.1 Å². The molecule has 7 heteroatoms. The van der Waals surface area contributed by atoms with Crippen LogP contribution in [0.2, 0.25) is 0 Å². The lowest BCUT2D eigenvalue weighted by molar-refractivity contribution is -0.137. The summed E-state index contributed by atoms with van der Waals surface area (Å²) in [5.41, 5.74) is 0.0634. The minimum absolute atomic E-state index is 0.290. The number of anilines is 1. The molecule has 2 aliphatic heterocycles. The third kappa shape index (κ3) is 5.11. The number of aliphatic hydroxyl groups is 1. The smallest absolute Gasteiger partial charge is 0.378 e. The fourth-order valence-corrected chi connectivity index (χ4v) is 3.84. The van der Waals surface area contributed by atoms with Gasteiger partial charge in [-0.25, -0.2) is 0 Å². The number of benzene rings is 1. The summed E-state index contributed by atoms with van der Waals surface area (Å²) in [5, 5.41) is 9.97. The first-order valence-electron chi connectivity index (χ1n) is 9.50. The van der Waals surface area contributed by atoms with Crippen molar-refractivity contribution in [2.75, 3.05) is 50.7 Å². The van der Waals surface area contributed by atoms with E-state index < -0.39 is 11.7 Å². The van der Waals surface area contributed by atoms with Gasteiger partial charge < -0.3 is 10.0 Å². The fourth-order valence-electron chi connectivity index (χ4n) is 3.84. The second-order valence-corrected chi connectivity index (χ2v) is 7.24. The number of aliphatic hydroxyl groups excluding tert-OH is 1. The highest BCUT2D eigenvalue weighted by Gasteiger charge is 2.31. The van der Waals surface area contributed by atoms with E-state index in [-0.39, 0.29) is 6.23 Å². The van der Waals surface area contributed by atoms with Gasteiger partial charge in [0.05, 0.1) is 5.56 Å². The first-order chi connectivity index (χ1) is 12.4. The fraction of sp³-hybridized carbons (Fsp3) is 0.684. The maximum Gasteiger partial charge on any atom is 0.416 e. The minimum Gasteiger partial charge on any atom is -0.378 e. The number of rotatable bonds is 5. The Morgan fingerprint density at radius 3 is 2.46 bits per heavy atom. The van der Waals surface area contributed by atoms with Crippen LogP contribution in [0.5, 0.6) is 0 Å². The average Bonchev–Trinajstić information content (AvgIpc) is 2.63. The van der Waals surface area contributed by atoms with Crippen molar-refractivity contribution in [2.45, 2.75) is 38.1 Å². The predicted octanol–water partition coefficient (Wildman–Crippen LogP) is 3.02. The molecule has 0 aliphatic carbocycles. The first-order valence-corrected chi connectivity index (χ1v) is 9.50. The highest BCUT2D eigenvalue weighted by molar-refractivity contribution is 5.49. The van der Waals surface area contributed by atoms with Gasteiger partial charge in [0.25, 0.3) is 0 Å². The summed E-state index contributed by atoms with van der Waals surface area (Å²) < 4.78 is 38.6. The zero-order valence-electron chi connectivity index (χ0n) is 15.1. The molecule has 0 bridgehead atoms. The van der Waals surface area contributed by atoms with Crippen molar-refractivity contribution in [3.63, 3.8) is 0 Å². The van der Waals surface area contributed by atoms with E-state index in [4.69, 9.17) is 0 Å². The molecular weight excluding hydrogens is 343 g/mol. The lowest BCUT2D eigenvalue weighted by Gasteiger charge is -2.37. The van der Waals surface area contributed by atoms with E-state index in [1.807, 2.05) is 4.90 Å². The SMILES string of the molecule is OC1CCCCN1CCCN1CCN(c2cccc(C(F)(F)F)c2)CC1. The van der Waals surface area contributed by atoms with Gasteiger partial charge in [-0.1, -0.05) is 6.07 Å². The number of alkyl halides is 3. The second-order valence-electron chi connectivity index (χ2n) is 7.24. The van der Waals surface area contributed by atoms with E-state index in [9.17, 15) is 18.3 Å². The van der Waals surface area contributed by atoms with Crippen LogP contribution in [0.3, 0.4) is 0 Å². The summed E-state index contributed by atoms with van der Waals surface area (Å²) in [6.45, 7) is 6.07. The highest BCUT2D eigenvalue weighted by atomic mass is 19.4. The van der Waals surface area contributed by atoms with Gasteiger partial charge >= 0.3 is 6.18 Å². The van der Waals surface area contributed by atoms with Gasteiger partial charge in [0.2, 0.25) is 0 Å². The summed E-state index contributed by atoms with van der Waals surface area (Å²) in [6.07, 6.45) is -0.434. The van der Waals surface area contributed by atoms with Gasteiger partial charge in [0.1, 0.15) is 6.23 Å². The topological polar surface area (TPSA) is 30.0 Å². The number of hydrogen-bond acceptors (Lipinski definition) is 4. The number of nitrogens with zero attached hydrogens (tertiary/aromatic N) is 3. The van der Waals surface area contributed by atoms with Crippen LogP contribution < -0.4 is 4.90 Å². The first kappa shape index (κ1) is 19.5. The Labute approximate surface area is 153 Å². The summed E-state index contributed by atoms with van der Waals surface area (Å²) >= 11 is 0. The molecule has 2 saturated heterocycles. The van der Waals surface area contributed by atoms with E-state index in [0.717, 1.165) is 77.6 Å². The molecule has 0 radical (unpaired) electrons. The summed E-state index contributed by atoms with van der Waals surface area (Å²) in [7, 11) is 0. The number of piperazine rings is 1. The molecule has 26 heavy (non-hydrogen) atoms. The van der Waals surface area contributed by atoms with Crippen LogP contribution in [0.25, 0.3) is 0 Å². The Kier molecular flexibility index (Phi) is 6.42. The van der Waals surface area contributed by atoms with Gasteiger partial charge in [-0.05, 0) is 50.4 Å².